The van der Waals surface area contributed by atoms with Crippen LogP contribution in [0.2, 0.25) is 0 Å². The molecule has 2 N–H and O–H groups in total. The average Bonchev–Trinajstić information content (AvgIpc) is 2.85. The topological polar surface area (TPSA) is 96.1 Å². The third-order valence-corrected chi connectivity index (χ3v) is 6.95. The second kappa shape index (κ2) is 5.18. The summed E-state index contributed by atoms with van der Waals surface area (Å²) in [7, 11) is -3.10. The number of hydrogen-bond donors (Lipinski definition) is 2. The molecule has 1 saturated heterocycles. The summed E-state index contributed by atoms with van der Waals surface area (Å²) in [6.45, 7) is 7.60. The number of rotatable bonds is 2. The van der Waals surface area contributed by atoms with Gasteiger partial charge in [-0.05, 0) is 37.7 Å². The molecule has 1 amide bonds. The molecule has 1 atom stereocenters. The summed E-state index contributed by atoms with van der Waals surface area (Å²) < 4.78 is 23.4. The Hall–Kier alpha value is -1.63. The highest BCUT2D eigenvalue weighted by Crippen LogP contribution is 2.36. The van der Waals surface area contributed by atoms with Crippen LogP contribution in [0, 0.1) is 12.3 Å². The molecule has 0 spiro atoms. The SMILES string of the molecule is Cc1c(C(=O)NC2(C)CCS(=O)(=O)C2)[nH]c2c1C(=O)CC(C)(C)C2. The van der Waals surface area contributed by atoms with Gasteiger partial charge >= 0.3 is 0 Å². The van der Waals surface area contributed by atoms with Gasteiger partial charge in [0.05, 0.1) is 17.0 Å². The summed E-state index contributed by atoms with van der Waals surface area (Å²) in [5.74, 6) is -0.232. The Balaban J connectivity index is 1.89. The lowest BCUT2D eigenvalue weighted by molar-refractivity contribution is 0.0902. The maximum absolute atomic E-state index is 12.7. The van der Waals surface area contributed by atoms with Crippen molar-refractivity contribution >= 4 is 21.5 Å². The van der Waals surface area contributed by atoms with Crippen LogP contribution in [0.5, 0.6) is 0 Å². The van der Waals surface area contributed by atoms with Gasteiger partial charge in [0.1, 0.15) is 5.69 Å². The lowest BCUT2D eigenvalue weighted by Crippen LogP contribution is -2.47. The molecule has 1 aliphatic carbocycles. The molecule has 0 saturated carbocycles. The molecule has 0 radical (unpaired) electrons. The van der Waals surface area contributed by atoms with E-state index >= 15 is 0 Å². The first-order valence-corrected chi connectivity index (χ1v) is 10.0. The average molecular weight is 352 g/mol. The lowest BCUT2D eigenvalue weighted by atomic mass is 9.75. The molecule has 1 aromatic rings. The van der Waals surface area contributed by atoms with Gasteiger partial charge in [-0.1, -0.05) is 13.8 Å². The molecule has 0 bridgehead atoms. The highest BCUT2D eigenvalue weighted by molar-refractivity contribution is 7.91. The minimum Gasteiger partial charge on any atom is -0.354 e. The number of carbonyl (C=O) groups is 2. The standard InChI is InChI=1S/C17H24N2O4S/c1-10-13-11(7-16(2,3)8-12(13)20)18-14(10)15(21)19-17(4)5-6-24(22,23)9-17/h18H,5-9H2,1-4H3,(H,19,21). The van der Waals surface area contributed by atoms with Crippen molar-refractivity contribution in [3.63, 3.8) is 0 Å². The van der Waals surface area contributed by atoms with Crippen molar-refractivity contribution in [3.05, 3.63) is 22.5 Å². The summed E-state index contributed by atoms with van der Waals surface area (Å²) in [6, 6.07) is 0. The van der Waals surface area contributed by atoms with Gasteiger partial charge in [-0.3, -0.25) is 9.59 Å². The van der Waals surface area contributed by atoms with Crippen molar-refractivity contribution in [2.45, 2.75) is 52.5 Å². The fraction of sp³-hybridized carbons (Fsp3) is 0.647. The fourth-order valence-electron chi connectivity index (χ4n) is 3.91. The molecule has 3 rings (SSSR count). The normalized spacial score (nSPS) is 27.8. The Morgan fingerprint density at radius 1 is 1.21 bits per heavy atom. The van der Waals surface area contributed by atoms with Crippen LogP contribution in [-0.2, 0) is 16.3 Å². The maximum Gasteiger partial charge on any atom is 0.268 e. The number of sulfone groups is 1. The van der Waals surface area contributed by atoms with E-state index in [1.165, 1.54) is 0 Å². The van der Waals surface area contributed by atoms with Crippen LogP contribution in [0.1, 0.15) is 65.7 Å². The maximum atomic E-state index is 12.7. The fourth-order valence-corrected chi connectivity index (χ4v) is 6.00. The first-order chi connectivity index (χ1) is 10.9. The molecule has 2 heterocycles. The number of carbonyl (C=O) groups excluding carboxylic acids is 2. The summed E-state index contributed by atoms with van der Waals surface area (Å²) >= 11 is 0. The van der Waals surface area contributed by atoms with Crippen molar-refractivity contribution in [1.29, 1.82) is 0 Å². The van der Waals surface area contributed by atoms with E-state index in [1.807, 2.05) is 13.8 Å². The van der Waals surface area contributed by atoms with Crippen LogP contribution in [0.4, 0.5) is 0 Å². The van der Waals surface area contributed by atoms with E-state index in [1.54, 1.807) is 13.8 Å². The van der Waals surface area contributed by atoms with Gasteiger partial charge in [-0.25, -0.2) is 8.42 Å². The van der Waals surface area contributed by atoms with Crippen molar-refractivity contribution < 1.29 is 18.0 Å². The zero-order valence-corrected chi connectivity index (χ0v) is 15.4. The minimum absolute atomic E-state index is 0.0445. The molecule has 24 heavy (non-hydrogen) atoms. The highest BCUT2D eigenvalue weighted by atomic mass is 32.2. The number of aromatic amines is 1. The predicted molar refractivity (Wildman–Crippen MR) is 91.1 cm³/mol. The monoisotopic (exact) mass is 352 g/mol. The van der Waals surface area contributed by atoms with E-state index in [-0.39, 0.29) is 28.6 Å². The van der Waals surface area contributed by atoms with Gasteiger partial charge in [-0.2, -0.15) is 0 Å². The molecular weight excluding hydrogens is 328 g/mol. The van der Waals surface area contributed by atoms with Crippen molar-refractivity contribution in [2.75, 3.05) is 11.5 Å². The number of amides is 1. The molecule has 1 fully saturated rings. The van der Waals surface area contributed by atoms with Gasteiger partial charge < -0.3 is 10.3 Å². The van der Waals surface area contributed by atoms with Gasteiger partial charge in [0.2, 0.25) is 0 Å². The van der Waals surface area contributed by atoms with Crippen molar-refractivity contribution in [2.24, 2.45) is 5.41 Å². The highest BCUT2D eigenvalue weighted by Gasteiger charge is 2.41. The number of hydrogen-bond acceptors (Lipinski definition) is 4. The first kappa shape index (κ1) is 17.2. The molecule has 6 nitrogen and oxygen atoms in total. The van der Waals surface area contributed by atoms with E-state index in [0.717, 1.165) is 5.69 Å². The third-order valence-electron chi connectivity index (χ3n) is 5.05. The van der Waals surface area contributed by atoms with E-state index < -0.39 is 15.4 Å². The van der Waals surface area contributed by atoms with Gasteiger partial charge in [0, 0.05) is 17.7 Å². The molecule has 132 valence electrons. The summed E-state index contributed by atoms with van der Waals surface area (Å²) in [5, 5.41) is 2.85. The largest absolute Gasteiger partial charge is 0.354 e. The molecule has 1 aromatic heterocycles. The molecular formula is C17H24N2O4S. The quantitative estimate of drug-likeness (QED) is 0.848. The molecule has 1 unspecified atom stereocenters. The summed E-state index contributed by atoms with van der Waals surface area (Å²) in [6.07, 6.45) is 1.59. The van der Waals surface area contributed by atoms with E-state index in [0.29, 0.717) is 36.1 Å². The molecule has 0 aromatic carbocycles. The van der Waals surface area contributed by atoms with Crippen molar-refractivity contribution in [1.82, 2.24) is 10.3 Å². The molecule has 2 aliphatic rings. The van der Waals surface area contributed by atoms with E-state index in [4.69, 9.17) is 0 Å². The van der Waals surface area contributed by atoms with Crippen LogP contribution in [-0.4, -0.2) is 42.1 Å². The van der Waals surface area contributed by atoms with Crippen LogP contribution in [0.3, 0.4) is 0 Å². The van der Waals surface area contributed by atoms with Crippen molar-refractivity contribution in [3.8, 4) is 0 Å². The zero-order valence-electron chi connectivity index (χ0n) is 14.6. The second-order valence-electron chi connectivity index (χ2n) is 8.28. The van der Waals surface area contributed by atoms with Crippen LogP contribution < -0.4 is 5.32 Å². The smallest absolute Gasteiger partial charge is 0.268 e. The van der Waals surface area contributed by atoms with E-state index in [9.17, 15) is 18.0 Å². The van der Waals surface area contributed by atoms with Gasteiger partial charge in [0.25, 0.3) is 5.91 Å². The molecule has 7 heteroatoms. The number of aromatic nitrogens is 1. The Bertz CT molecular complexity index is 835. The molecule has 1 aliphatic heterocycles. The number of nitrogens with one attached hydrogen (secondary N) is 2. The minimum atomic E-state index is -3.10. The Morgan fingerprint density at radius 3 is 2.46 bits per heavy atom. The predicted octanol–water partition coefficient (Wildman–Crippen LogP) is 1.79. The third kappa shape index (κ3) is 3.01. The van der Waals surface area contributed by atoms with Gasteiger partial charge in [0.15, 0.2) is 15.6 Å². The Kier molecular flexibility index (Phi) is 3.71. The zero-order chi connectivity index (χ0) is 17.9. The first-order valence-electron chi connectivity index (χ1n) is 8.19. The number of Topliss-reactive ketones (excluding diaryl/α,β-unsaturated/α-hetero) is 1. The Morgan fingerprint density at radius 2 is 1.88 bits per heavy atom. The van der Waals surface area contributed by atoms with E-state index in [2.05, 4.69) is 10.3 Å². The summed E-state index contributed by atoms with van der Waals surface area (Å²) in [4.78, 5) is 28.2. The van der Waals surface area contributed by atoms with Crippen LogP contribution in [0.25, 0.3) is 0 Å². The lowest BCUT2D eigenvalue weighted by Gasteiger charge is -2.28. The Labute approximate surface area is 142 Å². The van der Waals surface area contributed by atoms with Crippen LogP contribution >= 0.6 is 0 Å². The number of ketones is 1. The summed E-state index contributed by atoms with van der Waals surface area (Å²) in [5.41, 5.74) is 1.59. The van der Waals surface area contributed by atoms with Crippen LogP contribution in [0.15, 0.2) is 0 Å². The second-order valence-corrected chi connectivity index (χ2v) is 10.5. The number of H-pyrrole nitrogens is 1. The number of fused-ring (bicyclic) bond motifs is 1. The van der Waals surface area contributed by atoms with Gasteiger partial charge in [-0.15, -0.1) is 0 Å².